The molecule has 5 nitrogen and oxygen atoms in total. The van der Waals surface area contributed by atoms with Crippen molar-refractivity contribution >= 4 is 11.7 Å². The van der Waals surface area contributed by atoms with E-state index in [0.29, 0.717) is 11.8 Å². The van der Waals surface area contributed by atoms with Crippen LogP contribution < -0.4 is 4.90 Å². The number of carbonyl (C=O) groups is 1. The van der Waals surface area contributed by atoms with E-state index in [0.717, 1.165) is 75.4 Å². The highest BCUT2D eigenvalue weighted by Gasteiger charge is 2.31. The summed E-state index contributed by atoms with van der Waals surface area (Å²) in [6.45, 7) is 3.53. The summed E-state index contributed by atoms with van der Waals surface area (Å²) < 4.78 is 0. The minimum Gasteiger partial charge on any atom is -0.355 e. The number of piperidine rings is 2. The highest BCUT2D eigenvalue weighted by atomic mass is 16.2. The first-order chi connectivity index (χ1) is 16.3. The molecule has 5 heteroatoms. The zero-order valence-corrected chi connectivity index (χ0v) is 19.1. The van der Waals surface area contributed by atoms with Gasteiger partial charge in [0.2, 0.25) is 5.91 Å². The van der Waals surface area contributed by atoms with Crippen LogP contribution in [0.3, 0.4) is 0 Å². The molecule has 2 aliphatic heterocycles. The summed E-state index contributed by atoms with van der Waals surface area (Å²) in [5.74, 6) is 2.10. The topological polar surface area (TPSA) is 49.3 Å². The summed E-state index contributed by atoms with van der Waals surface area (Å²) in [5, 5.41) is 8.88. The molecule has 0 N–H and O–H groups in total. The van der Waals surface area contributed by atoms with E-state index >= 15 is 0 Å². The Labute approximate surface area is 196 Å². The molecule has 1 amide bonds. The number of nitrogens with zero attached hydrogens (tertiary/aromatic N) is 4. The lowest BCUT2D eigenvalue weighted by Crippen LogP contribution is -2.45. The first-order valence-electron chi connectivity index (χ1n) is 12.2. The van der Waals surface area contributed by atoms with Crippen LogP contribution in [0.4, 0.5) is 5.82 Å². The molecule has 0 aliphatic carbocycles. The lowest BCUT2D eigenvalue weighted by Gasteiger charge is -2.37. The molecule has 2 aromatic carbocycles. The summed E-state index contributed by atoms with van der Waals surface area (Å²) in [5.41, 5.74) is 3.38. The number of hydrogen-bond acceptors (Lipinski definition) is 4. The number of anilines is 1. The highest BCUT2D eigenvalue weighted by molar-refractivity contribution is 5.79. The van der Waals surface area contributed by atoms with E-state index in [2.05, 4.69) is 56.4 Å². The molecule has 0 unspecified atom stereocenters. The van der Waals surface area contributed by atoms with Gasteiger partial charge in [-0.15, -0.1) is 10.2 Å². The normalized spacial score (nSPS) is 17.8. The molecule has 3 heterocycles. The van der Waals surface area contributed by atoms with E-state index < -0.39 is 0 Å². The molecule has 3 aromatic rings. The summed E-state index contributed by atoms with van der Waals surface area (Å²) in [6.07, 6.45) is 5.15. The fourth-order valence-electron chi connectivity index (χ4n) is 5.18. The maximum Gasteiger partial charge on any atom is 0.225 e. The van der Waals surface area contributed by atoms with Crippen molar-refractivity contribution in [3.8, 4) is 11.3 Å². The molecule has 0 spiro atoms. The molecule has 0 radical (unpaired) electrons. The second-order valence-electron chi connectivity index (χ2n) is 9.36. The van der Waals surface area contributed by atoms with Crippen LogP contribution in [0.2, 0.25) is 0 Å². The molecule has 1 aromatic heterocycles. The Morgan fingerprint density at radius 1 is 0.758 bits per heavy atom. The Morgan fingerprint density at radius 2 is 1.42 bits per heavy atom. The van der Waals surface area contributed by atoms with Crippen LogP contribution in [0.15, 0.2) is 72.8 Å². The van der Waals surface area contributed by atoms with Crippen LogP contribution in [-0.2, 0) is 11.2 Å². The summed E-state index contributed by atoms with van der Waals surface area (Å²) in [6, 6.07) is 24.9. The van der Waals surface area contributed by atoms with Crippen molar-refractivity contribution < 1.29 is 4.79 Å². The van der Waals surface area contributed by atoms with Crippen LogP contribution in [0.25, 0.3) is 11.3 Å². The van der Waals surface area contributed by atoms with Gasteiger partial charge in [-0.25, -0.2) is 0 Å². The van der Waals surface area contributed by atoms with E-state index in [1.807, 2.05) is 36.4 Å². The average molecular weight is 441 g/mol. The van der Waals surface area contributed by atoms with Gasteiger partial charge in [-0.1, -0.05) is 60.7 Å². The second kappa shape index (κ2) is 10.2. The number of carbonyl (C=O) groups excluding carboxylic acids is 1. The van der Waals surface area contributed by atoms with E-state index in [1.165, 1.54) is 5.56 Å². The van der Waals surface area contributed by atoms with Crippen LogP contribution in [0, 0.1) is 11.8 Å². The van der Waals surface area contributed by atoms with Gasteiger partial charge in [-0.3, -0.25) is 4.79 Å². The van der Waals surface area contributed by atoms with Crippen molar-refractivity contribution in [2.45, 2.75) is 32.1 Å². The lowest BCUT2D eigenvalue weighted by atomic mass is 9.88. The Hall–Kier alpha value is -3.21. The van der Waals surface area contributed by atoms with Crippen molar-refractivity contribution in [1.29, 1.82) is 0 Å². The standard InChI is InChI=1S/C28H32N4O/c33-28(32-17-13-23(14-18-32)21-22-7-3-1-4-8-22)25-15-19-31(20-16-25)27-12-11-26(29-30-27)24-9-5-2-6-10-24/h1-12,23,25H,13-21H2. The Bertz CT molecular complexity index is 1020. The first kappa shape index (κ1) is 21.6. The molecule has 2 saturated heterocycles. The number of amides is 1. The van der Waals surface area contributed by atoms with E-state index in [1.54, 1.807) is 0 Å². The zero-order valence-electron chi connectivity index (χ0n) is 19.1. The van der Waals surface area contributed by atoms with Crippen molar-refractivity contribution in [3.63, 3.8) is 0 Å². The summed E-state index contributed by atoms with van der Waals surface area (Å²) >= 11 is 0. The van der Waals surface area contributed by atoms with Gasteiger partial charge in [0.05, 0.1) is 5.69 Å². The monoisotopic (exact) mass is 440 g/mol. The molecule has 2 fully saturated rings. The van der Waals surface area contributed by atoms with Crippen molar-refractivity contribution in [3.05, 3.63) is 78.4 Å². The van der Waals surface area contributed by atoms with Crippen LogP contribution >= 0.6 is 0 Å². The SMILES string of the molecule is O=C(C1CCN(c2ccc(-c3ccccc3)nn2)CC1)N1CCC(Cc2ccccc2)CC1. The average Bonchev–Trinajstić information content (AvgIpc) is 2.90. The fraction of sp³-hybridized carbons (Fsp3) is 0.393. The van der Waals surface area contributed by atoms with Gasteiger partial charge < -0.3 is 9.80 Å². The van der Waals surface area contributed by atoms with Gasteiger partial charge >= 0.3 is 0 Å². The van der Waals surface area contributed by atoms with Crippen LogP contribution in [0.5, 0.6) is 0 Å². The molecular weight excluding hydrogens is 408 g/mol. The van der Waals surface area contributed by atoms with Crippen LogP contribution in [-0.4, -0.2) is 47.2 Å². The van der Waals surface area contributed by atoms with Crippen LogP contribution in [0.1, 0.15) is 31.2 Å². The molecule has 0 saturated carbocycles. The first-order valence-corrected chi connectivity index (χ1v) is 12.2. The minimum atomic E-state index is 0.142. The molecule has 2 aliphatic rings. The maximum atomic E-state index is 13.1. The van der Waals surface area contributed by atoms with Gasteiger partial charge in [-0.2, -0.15) is 0 Å². The van der Waals surface area contributed by atoms with E-state index in [9.17, 15) is 4.79 Å². The third-order valence-electron chi connectivity index (χ3n) is 7.18. The van der Waals surface area contributed by atoms with E-state index in [-0.39, 0.29) is 5.92 Å². The number of likely N-dealkylation sites (tertiary alicyclic amines) is 1. The third kappa shape index (κ3) is 5.24. The molecular formula is C28H32N4O. The number of rotatable bonds is 5. The van der Waals surface area contributed by atoms with Crippen molar-refractivity contribution in [2.24, 2.45) is 11.8 Å². The maximum absolute atomic E-state index is 13.1. The van der Waals surface area contributed by atoms with Gasteiger partial charge in [0.1, 0.15) is 0 Å². The van der Waals surface area contributed by atoms with Gasteiger partial charge in [0, 0.05) is 37.7 Å². The predicted molar refractivity (Wildman–Crippen MR) is 132 cm³/mol. The van der Waals surface area contributed by atoms with Gasteiger partial charge in [-0.05, 0) is 55.7 Å². The number of benzene rings is 2. The molecule has 170 valence electrons. The lowest BCUT2D eigenvalue weighted by molar-refractivity contribution is -0.137. The largest absolute Gasteiger partial charge is 0.355 e. The van der Waals surface area contributed by atoms with Gasteiger partial charge in [0.25, 0.3) is 0 Å². The summed E-state index contributed by atoms with van der Waals surface area (Å²) in [4.78, 5) is 17.5. The third-order valence-corrected chi connectivity index (χ3v) is 7.18. The number of aromatic nitrogens is 2. The van der Waals surface area contributed by atoms with Crippen molar-refractivity contribution in [1.82, 2.24) is 15.1 Å². The Balaban J connectivity index is 1.10. The molecule has 0 atom stereocenters. The Morgan fingerprint density at radius 3 is 2.06 bits per heavy atom. The highest BCUT2D eigenvalue weighted by Crippen LogP contribution is 2.27. The van der Waals surface area contributed by atoms with Gasteiger partial charge in [0.15, 0.2) is 5.82 Å². The smallest absolute Gasteiger partial charge is 0.225 e. The fourth-order valence-corrected chi connectivity index (χ4v) is 5.18. The quantitative estimate of drug-likeness (QED) is 0.570. The predicted octanol–water partition coefficient (Wildman–Crippen LogP) is 4.84. The Kier molecular flexibility index (Phi) is 6.66. The summed E-state index contributed by atoms with van der Waals surface area (Å²) in [7, 11) is 0. The molecule has 33 heavy (non-hydrogen) atoms. The van der Waals surface area contributed by atoms with Crippen molar-refractivity contribution in [2.75, 3.05) is 31.1 Å². The minimum absolute atomic E-state index is 0.142. The van der Waals surface area contributed by atoms with E-state index in [4.69, 9.17) is 0 Å². The zero-order chi connectivity index (χ0) is 22.5. The molecule has 0 bridgehead atoms. The number of hydrogen-bond donors (Lipinski definition) is 0. The second-order valence-corrected chi connectivity index (χ2v) is 9.36. The molecule has 5 rings (SSSR count).